The van der Waals surface area contributed by atoms with E-state index < -0.39 is 0 Å². The number of nitrogens with zero attached hydrogens (tertiary/aromatic N) is 2. The van der Waals surface area contributed by atoms with Crippen molar-refractivity contribution in [3.8, 4) is 100 Å². The van der Waals surface area contributed by atoms with Crippen LogP contribution < -0.4 is 0 Å². The van der Waals surface area contributed by atoms with Gasteiger partial charge in [-0.2, -0.15) is 0 Å². The summed E-state index contributed by atoms with van der Waals surface area (Å²) in [6.07, 6.45) is 0. The van der Waals surface area contributed by atoms with Crippen LogP contribution in [-0.2, 0) is 29.3 Å². The molecule has 2 nitrogen and oxygen atoms in total. The first-order valence-corrected chi connectivity index (χ1v) is 40.9. The molecule has 2 aromatic heterocycles. The maximum atomic E-state index is 2.46. The van der Waals surface area contributed by atoms with Crippen LogP contribution in [0.4, 0.5) is 0 Å². The predicted octanol–water partition coefficient (Wildman–Crippen LogP) is 31.8. The molecule has 0 saturated heterocycles. The third-order valence-electron chi connectivity index (χ3n) is 24.2. The van der Waals surface area contributed by atoms with Crippen molar-refractivity contribution < 1.29 is 0 Å². The van der Waals surface area contributed by atoms with Crippen molar-refractivity contribution >= 4 is 86.7 Å². The molecule has 0 saturated carbocycles. The number of rotatable bonds is 11. The number of hydrogen-bond acceptors (Lipinski definition) is 0. The zero-order valence-electron chi connectivity index (χ0n) is 68.1. The summed E-state index contributed by atoms with van der Waals surface area (Å²) in [5.41, 5.74) is 34.4. The summed E-state index contributed by atoms with van der Waals surface area (Å²) in [4.78, 5) is 0. The third-order valence-corrected chi connectivity index (χ3v) is 24.2. The molecule has 0 radical (unpaired) electrons. The van der Waals surface area contributed by atoms with E-state index in [1.807, 2.05) is 0 Å². The van der Waals surface area contributed by atoms with Gasteiger partial charge in [-0.3, -0.25) is 0 Å². The quantitative estimate of drug-likeness (QED) is 0.114. The Hall–Kier alpha value is -12.6. The maximum Gasteiger partial charge on any atom is 0.0491 e. The number of aryl methyl sites for hydroxylation is 4. The average Bonchev–Trinajstić information content (AvgIpc) is 1.13. The molecular weight excluding hydrogens is 1370 g/mol. The maximum absolute atomic E-state index is 2.46. The Morgan fingerprint density at radius 3 is 0.702 bits per heavy atom. The first-order chi connectivity index (χ1) is 55.1. The van der Waals surface area contributed by atoms with Crippen LogP contribution in [0.1, 0.15) is 104 Å². The third kappa shape index (κ3) is 13.3. The van der Waals surface area contributed by atoms with Crippen LogP contribution in [0.5, 0.6) is 0 Å². The van der Waals surface area contributed by atoms with E-state index in [4.69, 9.17) is 0 Å². The van der Waals surface area contributed by atoms with Crippen molar-refractivity contribution in [1.82, 2.24) is 9.13 Å². The molecule has 0 aliphatic heterocycles. The highest BCUT2D eigenvalue weighted by atomic mass is 15.0. The highest BCUT2D eigenvalue weighted by Crippen LogP contribution is 2.49. The van der Waals surface area contributed by atoms with Gasteiger partial charge in [0, 0.05) is 56.7 Å². The molecule has 0 aliphatic carbocycles. The van der Waals surface area contributed by atoms with Crippen molar-refractivity contribution in [2.45, 2.75) is 119 Å². The highest BCUT2D eigenvalue weighted by Gasteiger charge is 2.26. The van der Waals surface area contributed by atoms with Gasteiger partial charge in [0.05, 0.1) is 0 Å². The summed E-state index contributed by atoms with van der Waals surface area (Å²) >= 11 is 0. The van der Waals surface area contributed by atoms with Crippen LogP contribution in [0, 0.1) is 13.8 Å². The van der Waals surface area contributed by atoms with Gasteiger partial charge in [-0.15, -0.1) is 0 Å². The van der Waals surface area contributed by atoms with E-state index >= 15 is 0 Å². The van der Waals surface area contributed by atoms with E-state index in [0.717, 1.165) is 13.1 Å². The van der Waals surface area contributed by atoms with Gasteiger partial charge in [-0.05, 0) is 265 Å². The molecule has 114 heavy (non-hydrogen) atoms. The SMILES string of the molecule is CCn1c2ccc(-c3ccc(-c4c5ccc(C)cc5c(-c5ccc(-c6ccc(-c7ccccc7)cc6)cc5)c5ccc(C)cc45)cc3)cc2c2cc(C(C)(C)C)ccc21.CCn1c2ccc(-c3ccccc3)cc2c2cc(-c3ccc(-c4c5ccc(C(C)(C)C)cc5c(-c5ccccc5)c5ccc(C(C)(C)C)cc45)cc3)ccc21. The zero-order chi connectivity index (χ0) is 78.5. The molecule has 0 amide bonds. The Morgan fingerprint density at radius 2 is 0.395 bits per heavy atom. The molecule has 0 aliphatic rings. The van der Waals surface area contributed by atoms with Gasteiger partial charge in [-0.25, -0.2) is 0 Å². The lowest BCUT2D eigenvalue weighted by Gasteiger charge is -2.25. The average molecular weight is 1470 g/mol. The molecule has 19 aromatic rings. The topological polar surface area (TPSA) is 9.86 Å². The minimum atomic E-state index is 0.0225. The van der Waals surface area contributed by atoms with Gasteiger partial charge in [0.2, 0.25) is 0 Å². The lowest BCUT2D eigenvalue weighted by atomic mass is 9.79. The fraction of sp³-hybridized carbons (Fsp3) is 0.161. The fourth-order valence-electron chi connectivity index (χ4n) is 18.0. The highest BCUT2D eigenvalue weighted by molar-refractivity contribution is 6.24. The predicted molar refractivity (Wildman–Crippen MR) is 495 cm³/mol. The Morgan fingerprint density at radius 1 is 0.184 bits per heavy atom. The summed E-state index contributed by atoms with van der Waals surface area (Å²) in [7, 11) is 0. The second-order valence-corrected chi connectivity index (χ2v) is 34.7. The lowest BCUT2D eigenvalue weighted by Crippen LogP contribution is -2.11. The summed E-state index contributed by atoms with van der Waals surface area (Å²) in [5, 5.41) is 15.6. The van der Waals surface area contributed by atoms with Crippen molar-refractivity contribution in [1.29, 1.82) is 0 Å². The first kappa shape index (κ1) is 72.9. The number of hydrogen-bond donors (Lipinski definition) is 0. The molecular formula is C112H98N2. The van der Waals surface area contributed by atoms with Crippen LogP contribution in [0.2, 0.25) is 0 Å². The molecule has 19 rings (SSSR count). The Bertz CT molecular complexity index is 6910. The van der Waals surface area contributed by atoms with Crippen molar-refractivity contribution in [3.05, 3.63) is 361 Å². The summed E-state index contributed by atoms with van der Waals surface area (Å²) < 4.78 is 4.89. The number of aromatic nitrogens is 2. The first-order valence-electron chi connectivity index (χ1n) is 40.9. The van der Waals surface area contributed by atoms with E-state index in [0.29, 0.717) is 0 Å². The second kappa shape index (κ2) is 28.8. The molecule has 0 unspecified atom stereocenters. The molecule has 556 valence electrons. The summed E-state index contributed by atoms with van der Waals surface area (Å²) in [6, 6.07) is 125. The van der Waals surface area contributed by atoms with Gasteiger partial charge in [0.25, 0.3) is 0 Å². The monoisotopic (exact) mass is 1470 g/mol. The van der Waals surface area contributed by atoms with Crippen LogP contribution >= 0.6 is 0 Å². The summed E-state index contributed by atoms with van der Waals surface area (Å²) in [5.74, 6) is 0. The Kier molecular flexibility index (Phi) is 18.4. The molecule has 0 atom stereocenters. The lowest BCUT2D eigenvalue weighted by molar-refractivity contribution is 0.590. The van der Waals surface area contributed by atoms with Gasteiger partial charge >= 0.3 is 0 Å². The van der Waals surface area contributed by atoms with E-state index in [1.165, 1.54) is 215 Å². The van der Waals surface area contributed by atoms with Gasteiger partial charge in [0.1, 0.15) is 0 Å². The zero-order valence-corrected chi connectivity index (χ0v) is 68.1. The van der Waals surface area contributed by atoms with Crippen molar-refractivity contribution in [2.75, 3.05) is 0 Å². The number of fused-ring (bicyclic) bond motifs is 10. The van der Waals surface area contributed by atoms with Crippen LogP contribution in [0.3, 0.4) is 0 Å². The van der Waals surface area contributed by atoms with E-state index in [2.05, 4.69) is 433 Å². The van der Waals surface area contributed by atoms with E-state index in [9.17, 15) is 0 Å². The normalized spacial score (nSPS) is 12.1. The molecule has 2 heterocycles. The molecule has 0 fully saturated rings. The Labute approximate surface area is 672 Å². The van der Waals surface area contributed by atoms with Gasteiger partial charge in [0.15, 0.2) is 0 Å². The van der Waals surface area contributed by atoms with Crippen molar-refractivity contribution in [2.24, 2.45) is 0 Å². The van der Waals surface area contributed by atoms with Gasteiger partial charge in [-0.1, -0.05) is 346 Å². The van der Waals surface area contributed by atoms with Crippen molar-refractivity contribution in [3.63, 3.8) is 0 Å². The minimum Gasteiger partial charge on any atom is -0.341 e. The molecule has 0 spiro atoms. The second-order valence-electron chi connectivity index (χ2n) is 34.7. The fourth-order valence-corrected chi connectivity index (χ4v) is 18.0. The standard InChI is InChI=1S/C58H49N.C54H49N/c1-7-59-54-31-27-46(35-50(54)51-36-47(58(4,5)6)28-32-55(51)59)43-21-25-45(26-22-43)57-49-30-14-37(2)33-52(49)56(48-29-13-38(3)34-53(48)57)44-23-19-42(20-24-44)41-17-15-40(16-18-41)39-11-9-8-10-12-39;1-8-55-49-29-23-39(35-15-11-9-12-16-35)31-45(49)46-32-40(24-30-50(46)55)36-19-21-38(22-20-36)52-44-28-26-41(53(2,3)4)33-47(44)51(37-17-13-10-14-18-37)43-27-25-42(34-48(43)52)54(5,6)7/h8-36H,7H2,1-6H3;9-34H,8H2,1-7H3. The molecule has 2 heteroatoms. The summed E-state index contributed by atoms with van der Waals surface area (Å²) in [6.45, 7) is 31.5. The van der Waals surface area contributed by atoms with Crippen LogP contribution in [-0.4, -0.2) is 9.13 Å². The molecule has 0 N–H and O–H groups in total. The smallest absolute Gasteiger partial charge is 0.0491 e. The minimum absolute atomic E-state index is 0.0225. The molecule has 17 aromatic carbocycles. The van der Waals surface area contributed by atoms with Gasteiger partial charge < -0.3 is 9.13 Å². The Balaban J connectivity index is 0.000000159. The molecule has 0 bridgehead atoms. The largest absolute Gasteiger partial charge is 0.341 e. The van der Waals surface area contributed by atoms with E-state index in [1.54, 1.807) is 0 Å². The van der Waals surface area contributed by atoms with Crippen LogP contribution in [0.25, 0.3) is 187 Å². The van der Waals surface area contributed by atoms with Crippen LogP contribution in [0.15, 0.2) is 334 Å². The van der Waals surface area contributed by atoms with E-state index in [-0.39, 0.29) is 16.2 Å². The number of benzene rings is 17.